The second-order valence-electron chi connectivity index (χ2n) is 6.03. The van der Waals surface area contributed by atoms with Crippen molar-refractivity contribution in [2.75, 3.05) is 20.3 Å². The zero-order valence-corrected chi connectivity index (χ0v) is 13.5. The summed E-state index contributed by atoms with van der Waals surface area (Å²) in [5, 5.41) is 0.978. The van der Waals surface area contributed by atoms with Gasteiger partial charge in [0.05, 0.1) is 12.7 Å². The molecule has 0 amide bonds. The number of rotatable bonds is 3. The van der Waals surface area contributed by atoms with Crippen molar-refractivity contribution < 1.29 is 14.3 Å². The number of para-hydroxylation sites is 1. The van der Waals surface area contributed by atoms with Crippen molar-refractivity contribution in [1.29, 1.82) is 0 Å². The van der Waals surface area contributed by atoms with Gasteiger partial charge in [-0.1, -0.05) is 18.2 Å². The van der Waals surface area contributed by atoms with E-state index in [1.165, 1.54) is 7.11 Å². The number of esters is 1. The monoisotopic (exact) mass is 301 g/mol. The highest BCUT2D eigenvalue weighted by Gasteiger charge is 2.27. The summed E-state index contributed by atoms with van der Waals surface area (Å²) in [6.07, 6.45) is 2.14. The van der Waals surface area contributed by atoms with Gasteiger partial charge < -0.3 is 14.0 Å². The number of nitrogens with zero attached hydrogens (tertiary/aromatic N) is 1. The Morgan fingerprint density at radius 2 is 2.00 bits per heavy atom. The molecule has 0 bridgehead atoms. The summed E-state index contributed by atoms with van der Waals surface area (Å²) >= 11 is 0. The summed E-state index contributed by atoms with van der Waals surface area (Å²) in [6.45, 7) is 5.92. The van der Waals surface area contributed by atoms with Crippen molar-refractivity contribution in [1.82, 2.24) is 4.57 Å². The molecule has 22 heavy (non-hydrogen) atoms. The Morgan fingerprint density at radius 3 is 2.68 bits per heavy atom. The van der Waals surface area contributed by atoms with E-state index in [4.69, 9.17) is 9.47 Å². The average Bonchev–Trinajstić information content (AvgIpc) is 2.86. The lowest BCUT2D eigenvalue weighted by Crippen LogP contribution is -2.24. The molecule has 1 aliphatic heterocycles. The second-order valence-corrected chi connectivity index (χ2v) is 6.03. The summed E-state index contributed by atoms with van der Waals surface area (Å²) < 4.78 is 12.8. The number of methoxy groups -OCH3 is 1. The van der Waals surface area contributed by atoms with Crippen molar-refractivity contribution in [3.63, 3.8) is 0 Å². The van der Waals surface area contributed by atoms with E-state index in [1.807, 2.05) is 25.1 Å². The van der Waals surface area contributed by atoms with Crippen LogP contribution in [0.4, 0.5) is 0 Å². The first-order valence-electron chi connectivity index (χ1n) is 7.90. The molecule has 4 heteroatoms. The molecule has 0 radical (unpaired) electrons. The number of fused-ring (bicyclic) bond motifs is 1. The third-order valence-corrected chi connectivity index (χ3v) is 4.90. The number of carbonyl (C=O) groups excluding carboxylic acids is 1. The van der Waals surface area contributed by atoms with E-state index in [0.717, 1.165) is 42.7 Å². The normalized spacial score (nSPS) is 17.6. The van der Waals surface area contributed by atoms with Crippen molar-refractivity contribution in [2.45, 2.75) is 32.7 Å². The number of aromatic nitrogens is 1. The van der Waals surface area contributed by atoms with E-state index in [0.29, 0.717) is 17.5 Å². The lowest BCUT2D eigenvalue weighted by Gasteiger charge is -2.30. The van der Waals surface area contributed by atoms with Gasteiger partial charge in [0, 0.05) is 35.9 Å². The van der Waals surface area contributed by atoms with Gasteiger partial charge in [-0.3, -0.25) is 0 Å². The number of hydrogen-bond donors (Lipinski definition) is 0. The third kappa shape index (κ3) is 2.41. The largest absolute Gasteiger partial charge is 0.465 e. The molecule has 1 aromatic heterocycles. The highest BCUT2D eigenvalue weighted by Crippen LogP contribution is 2.35. The minimum atomic E-state index is -0.258. The van der Waals surface area contributed by atoms with E-state index >= 15 is 0 Å². The maximum absolute atomic E-state index is 12.2. The lowest BCUT2D eigenvalue weighted by molar-refractivity contribution is 0.0514. The average molecular weight is 301 g/mol. The predicted molar refractivity (Wildman–Crippen MR) is 86.3 cm³/mol. The molecule has 1 saturated heterocycles. The molecule has 1 aromatic carbocycles. The molecular formula is C18H23NO3. The van der Waals surface area contributed by atoms with Crippen LogP contribution in [0.15, 0.2) is 24.3 Å². The van der Waals surface area contributed by atoms with Crippen molar-refractivity contribution >= 4 is 16.9 Å². The molecule has 1 aliphatic rings. The van der Waals surface area contributed by atoms with Crippen LogP contribution >= 0.6 is 0 Å². The van der Waals surface area contributed by atoms with Crippen LogP contribution in [-0.4, -0.2) is 30.9 Å². The van der Waals surface area contributed by atoms with Gasteiger partial charge in [0.15, 0.2) is 0 Å². The summed E-state index contributed by atoms with van der Waals surface area (Å²) in [5.74, 6) is 0.320. The first-order chi connectivity index (χ1) is 10.6. The highest BCUT2D eigenvalue weighted by molar-refractivity contribution is 6.05. The van der Waals surface area contributed by atoms with Gasteiger partial charge in [0.2, 0.25) is 0 Å². The molecule has 0 N–H and O–H groups in total. The van der Waals surface area contributed by atoms with Gasteiger partial charge in [-0.2, -0.15) is 0 Å². The van der Waals surface area contributed by atoms with Crippen LogP contribution in [0.5, 0.6) is 0 Å². The molecule has 0 unspecified atom stereocenters. The Balaban J connectivity index is 2.12. The van der Waals surface area contributed by atoms with E-state index < -0.39 is 0 Å². The number of ether oxygens (including phenoxy) is 2. The fraction of sp³-hybridized carbons (Fsp3) is 0.500. The molecule has 2 heterocycles. The van der Waals surface area contributed by atoms with Gasteiger partial charge in [-0.25, -0.2) is 4.79 Å². The fourth-order valence-electron chi connectivity index (χ4n) is 3.68. The van der Waals surface area contributed by atoms with Crippen LogP contribution in [0.2, 0.25) is 0 Å². The van der Waals surface area contributed by atoms with Gasteiger partial charge in [-0.05, 0) is 38.7 Å². The third-order valence-electron chi connectivity index (χ3n) is 4.90. The fourth-order valence-corrected chi connectivity index (χ4v) is 3.68. The van der Waals surface area contributed by atoms with Gasteiger partial charge in [0.1, 0.15) is 0 Å². The Labute approximate surface area is 131 Å². The minimum absolute atomic E-state index is 0.258. The maximum Gasteiger partial charge on any atom is 0.340 e. The van der Waals surface area contributed by atoms with Crippen molar-refractivity contribution in [3.05, 3.63) is 35.5 Å². The second kappa shape index (κ2) is 6.13. The van der Waals surface area contributed by atoms with E-state index in [2.05, 4.69) is 17.6 Å². The van der Waals surface area contributed by atoms with Crippen molar-refractivity contribution in [2.24, 2.45) is 5.92 Å². The van der Waals surface area contributed by atoms with Crippen LogP contribution < -0.4 is 0 Å². The van der Waals surface area contributed by atoms with Gasteiger partial charge in [-0.15, -0.1) is 0 Å². The molecule has 0 spiro atoms. The van der Waals surface area contributed by atoms with Crippen LogP contribution in [0.25, 0.3) is 10.9 Å². The summed E-state index contributed by atoms with van der Waals surface area (Å²) in [5.41, 5.74) is 2.79. The molecule has 2 aromatic rings. The van der Waals surface area contributed by atoms with Crippen LogP contribution in [0.1, 0.15) is 41.9 Å². The van der Waals surface area contributed by atoms with Crippen LogP contribution in [0.3, 0.4) is 0 Å². The smallest absolute Gasteiger partial charge is 0.340 e. The number of hydrogen-bond acceptors (Lipinski definition) is 3. The molecule has 0 aliphatic carbocycles. The summed E-state index contributed by atoms with van der Waals surface area (Å²) in [7, 11) is 1.44. The van der Waals surface area contributed by atoms with E-state index in [1.54, 1.807) is 0 Å². The first-order valence-corrected chi connectivity index (χ1v) is 7.90. The quantitative estimate of drug-likeness (QED) is 0.811. The molecular weight excluding hydrogens is 278 g/mol. The molecule has 1 atom stereocenters. The number of benzene rings is 1. The minimum Gasteiger partial charge on any atom is -0.465 e. The molecule has 1 fully saturated rings. The van der Waals surface area contributed by atoms with Gasteiger partial charge >= 0.3 is 5.97 Å². The van der Waals surface area contributed by atoms with E-state index in [9.17, 15) is 4.79 Å². The Morgan fingerprint density at radius 1 is 1.32 bits per heavy atom. The summed E-state index contributed by atoms with van der Waals surface area (Å²) in [6, 6.07) is 8.42. The molecule has 4 nitrogen and oxygen atoms in total. The molecule has 0 saturated carbocycles. The summed E-state index contributed by atoms with van der Waals surface area (Å²) in [4.78, 5) is 12.2. The van der Waals surface area contributed by atoms with Gasteiger partial charge in [0.25, 0.3) is 0 Å². The van der Waals surface area contributed by atoms with Crippen LogP contribution in [0, 0.1) is 12.8 Å². The molecule has 118 valence electrons. The van der Waals surface area contributed by atoms with E-state index in [-0.39, 0.29) is 5.97 Å². The zero-order chi connectivity index (χ0) is 15.7. The number of carbonyl (C=O) groups is 1. The maximum atomic E-state index is 12.2. The van der Waals surface area contributed by atoms with Crippen molar-refractivity contribution in [3.8, 4) is 0 Å². The van der Waals surface area contributed by atoms with Crippen LogP contribution in [-0.2, 0) is 9.47 Å². The SMILES string of the molecule is COC(=O)c1c(C)n([C@H](C)C2CCOCC2)c2ccccc12. The molecule has 3 rings (SSSR count). The Hall–Kier alpha value is -1.81. The Kier molecular flexibility index (Phi) is 4.21. The standard InChI is InChI=1S/C18H23NO3/c1-12(14-8-10-22-11-9-14)19-13(2)17(18(20)21-3)15-6-4-5-7-16(15)19/h4-7,12,14H,8-11H2,1-3H3/t12-/m1/s1. The zero-order valence-electron chi connectivity index (χ0n) is 13.5. The predicted octanol–water partition coefficient (Wildman–Crippen LogP) is 3.72. The Bertz CT molecular complexity index is 683. The topological polar surface area (TPSA) is 40.5 Å². The highest BCUT2D eigenvalue weighted by atomic mass is 16.5. The first kappa shape index (κ1) is 15.1. The lowest BCUT2D eigenvalue weighted by atomic mass is 9.92.